The predicted octanol–water partition coefficient (Wildman–Crippen LogP) is 1.53. The van der Waals surface area contributed by atoms with Crippen molar-refractivity contribution in [2.45, 2.75) is 36.2 Å². The molecule has 0 aliphatic rings. The zero-order valence-electron chi connectivity index (χ0n) is 9.27. The Labute approximate surface area is 94.5 Å². The van der Waals surface area contributed by atoms with Crippen LogP contribution in [0, 0.1) is 11.3 Å². The van der Waals surface area contributed by atoms with E-state index in [2.05, 4.69) is 18.0 Å². The van der Waals surface area contributed by atoms with E-state index in [0.29, 0.717) is 6.42 Å². The third kappa shape index (κ3) is 3.57. The number of aromatic nitrogens is 2. The number of nitrogens with zero attached hydrogens (tertiary/aromatic N) is 3. The summed E-state index contributed by atoms with van der Waals surface area (Å²) in [5.41, 5.74) is 5.03. The van der Waals surface area contributed by atoms with Crippen LogP contribution in [0.25, 0.3) is 0 Å². The van der Waals surface area contributed by atoms with Gasteiger partial charge in [0, 0.05) is 24.7 Å². The highest BCUT2D eigenvalue weighted by molar-refractivity contribution is 7.99. The van der Waals surface area contributed by atoms with E-state index in [1.807, 2.05) is 17.8 Å². The Hall–Kier alpha value is -0.990. The van der Waals surface area contributed by atoms with Crippen molar-refractivity contribution in [2.24, 2.45) is 12.8 Å². The molecule has 0 aromatic carbocycles. The van der Waals surface area contributed by atoms with Crippen molar-refractivity contribution in [1.82, 2.24) is 9.55 Å². The van der Waals surface area contributed by atoms with Gasteiger partial charge in [-0.1, -0.05) is 18.7 Å². The molecule has 0 bridgehead atoms. The monoisotopic (exact) mass is 224 g/mol. The van der Waals surface area contributed by atoms with Gasteiger partial charge in [-0.2, -0.15) is 5.26 Å². The summed E-state index contributed by atoms with van der Waals surface area (Å²) in [6, 6.07) is 2.10. The molecule has 1 aromatic rings. The summed E-state index contributed by atoms with van der Waals surface area (Å²) >= 11 is 1.64. The van der Waals surface area contributed by atoms with Crippen molar-refractivity contribution in [3.05, 3.63) is 12.4 Å². The SMILES string of the molecule is CC(CC(C)(N)C#N)Sc1nccn1C. The smallest absolute Gasteiger partial charge is 0.167 e. The van der Waals surface area contributed by atoms with Crippen LogP contribution >= 0.6 is 11.8 Å². The zero-order valence-corrected chi connectivity index (χ0v) is 10.1. The average molecular weight is 224 g/mol. The molecule has 2 atom stereocenters. The summed E-state index contributed by atoms with van der Waals surface area (Å²) in [6.07, 6.45) is 4.32. The van der Waals surface area contributed by atoms with Gasteiger partial charge in [-0.25, -0.2) is 4.98 Å². The number of hydrogen-bond donors (Lipinski definition) is 1. The lowest BCUT2D eigenvalue weighted by molar-refractivity contribution is 0.544. The fourth-order valence-corrected chi connectivity index (χ4v) is 2.47. The second-order valence-corrected chi connectivity index (χ2v) is 5.39. The molecule has 0 fully saturated rings. The molecule has 0 saturated heterocycles. The normalized spacial score (nSPS) is 16.7. The van der Waals surface area contributed by atoms with E-state index in [4.69, 9.17) is 11.0 Å². The summed E-state index contributed by atoms with van der Waals surface area (Å²) in [6.45, 7) is 3.81. The first-order chi connectivity index (χ1) is 6.94. The number of aryl methyl sites for hydroxylation is 1. The topological polar surface area (TPSA) is 67.6 Å². The van der Waals surface area contributed by atoms with Crippen molar-refractivity contribution in [2.75, 3.05) is 0 Å². The van der Waals surface area contributed by atoms with Crippen molar-refractivity contribution in [3.8, 4) is 6.07 Å². The van der Waals surface area contributed by atoms with E-state index >= 15 is 0 Å². The van der Waals surface area contributed by atoms with Gasteiger partial charge in [0.05, 0.1) is 6.07 Å². The van der Waals surface area contributed by atoms with Gasteiger partial charge in [-0.05, 0) is 13.3 Å². The molecule has 0 aliphatic heterocycles. The Morgan fingerprint density at radius 3 is 2.93 bits per heavy atom. The molecule has 2 unspecified atom stereocenters. The van der Waals surface area contributed by atoms with Gasteiger partial charge in [0.15, 0.2) is 5.16 Å². The highest BCUT2D eigenvalue weighted by Gasteiger charge is 2.22. The lowest BCUT2D eigenvalue weighted by Crippen LogP contribution is -2.36. The second-order valence-electron chi connectivity index (χ2n) is 3.98. The molecule has 0 spiro atoms. The van der Waals surface area contributed by atoms with Gasteiger partial charge in [-0.15, -0.1) is 0 Å². The van der Waals surface area contributed by atoms with Crippen LogP contribution in [0.3, 0.4) is 0 Å². The Balaban J connectivity index is 2.55. The van der Waals surface area contributed by atoms with Crippen LogP contribution in [0.4, 0.5) is 0 Å². The van der Waals surface area contributed by atoms with Gasteiger partial charge in [-0.3, -0.25) is 0 Å². The Bertz CT molecular complexity index is 364. The van der Waals surface area contributed by atoms with Gasteiger partial charge >= 0.3 is 0 Å². The number of hydrogen-bond acceptors (Lipinski definition) is 4. The van der Waals surface area contributed by atoms with Crippen molar-refractivity contribution < 1.29 is 0 Å². The molecule has 1 heterocycles. The zero-order chi connectivity index (χ0) is 11.5. The summed E-state index contributed by atoms with van der Waals surface area (Å²) < 4.78 is 1.96. The maximum absolute atomic E-state index is 8.82. The first kappa shape index (κ1) is 12.1. The molecule has 1 rings (SSSR count). The van der Waals surface area contributed by atoms with Crippen LogP contribution in [-0.4, -0.2) is 20.3 Å². The fraction of sp³-hybridized carbons (Fsp3) is 0.600. The molecule has 0 aliphatic carbocycles. The number of nitriles is 1. The minimum Gasteiger partial charge on any atom is -0.329 e. The minimum atomic E-state index is -0.752. The van der Waals surface area contributed by atoms with Crippen LogP contribution in [0.15, 0.2) is 17.6 Å². The van der Waals surface area contributed by atoms with Gasteiger partial charge in [0.1, 0.15) is 5.54 Å². The molecule has 2 N–H and O–H groups in total. The first-order valence-corrected chi connectivity index (χ1v) is 5.67. The van der Waals surface area contributed by atoms with Crippen molar-refractivity contribution >= 4 is 11.8 Å². The molecule has 0 amide bonds. The number of thioether (sulfide) groups is 1. The summed E-state index contributed by atoms with van der Waals surface area (Å²) in [5.74, 6) is 0. The third-order valence-electron chi connectivity index (χ3n) is 2.05. The van der Waals surface area contributed by atoms with Gasteiger partial charge in [0.25, 0.3) is 0 Å². The highest BCUT2D eigenvalue weighted by atomic mass is 32.2. The third-order valence-corrected chi connectivity index (χ3v) is 3.22. The lowest BCUT2D eigenvalue weighted by atomic mass is 10.00. The standard InChI is InChI=1S/C10H16N4S/c1-8(6-10(2,12)7-11)15-9-13-4-5-14(9)3/h4-5,8H,6,12H2,1-3H3. The van der Waals surface area contributed by atoms with Crippen LogP contribution in [0.5, 0.6) is 0 Å². The molecular formula is C10H16N4S. The molecule has 5 heteroatoms. The van der Waals surface area contributed by atoms with Crippen molar-refractivity contribution in [1.29, 1.82) is 5.26 Å². The predicted molar refractivity (Wildman–Crippen MR) is 61.3 cm³/mol. The van der Waals surface area contributed by atoms with Crippen molar-refractivity contribution in [3.63, 3.8) is 0 Å². The Kier molecular flexibility index (Phi) is 3.77. The second kappa shape index (κ2) is 4.69. The van der Waals surface area contributed by atoms with Gasteiger partial charge in [0.2, 0.25) is 0 Å². The number of rotatable bonds is 4. The molecule has 0 radical (unpaired) electrons. The van der Waals surface area contributed by atoms with E-state index in [0.717, 1.165) is 5.16 Å². The summed E-state index contributed by atoms with van der Waals surface area (Å²) in [5, 5.41) is 10.1. The molecule has 15 heavy (non-hydrogen) atoms. The maximum atomic E-state index is 8.82. The molecule has 4 nitrogen and oxygen atoms in total. The van der Waals surface area contributed by atoms with E-state index in [1.165, 1.54) is 0 Å². The van der Waals surface area contributed by atoms with Crippen LogP contribution in [0.2, 0.25) is 0 Å². The molecule has 1 aromatic heterocycles. The largest absolute Gasteiger partial charge is 0.329 e. The van der Waals surface area contributed by atoms with Crippen LogP contribution in [-0.2, 0) is 7.05 Å². The van der Waals surface area contributed by atoms with Gasteiger partial charge < -0.3 is 10.3 Å². The van der Waals surface area contributed by atoms with E-state index < -0.39 is 5.54 Å². The summed E-state index contributed by atoms with van der Waals surface area (Å²) in [7, 11) is 1.95. The molecule has 0 saturated carbocycles. The average Bonchev–Trinajstić information content (AvgIpc) is 2.51. The lowest BCUT2D eigenvalue weighted by Gasteiger charge is -2.19. The Morgan fingerprint density at radius 2 is 2.47 bits per heavy atom. The van der Waals surface area contributed by atoms with Crippen LogP contribution < -0.4 is 5.73 Å². The quantitative estimate of drug-likeness (QED) is 0.788. The van der Waals surface area contributed by atoms with Crippen LogP contribution in [0.1, 0.15) is 20.3 Å². The van der Waals surface area contributed by atoms with E-state index in [-0.39, 0.29) is 5.25 Å². The Morgan fingerprint density at radius 1 is 1.80 bits per heavy atom. The minimum absolute atomic E-state index is 0.278. The first-order valence-electron chi connectivity index (χ1n) is 4.79. The molecule has 82 valence electrons. The van der Waals surface area contributed by atoms with E-state index in [1.54, 1.807) is 24.9 Å². The van der Waals surface area contributed by atoms with E-state index in [9.17, 15) is 0 Å². The maximum Gasteiger partial charge on any atom is 0.167 e. The number of imidazole rings is 1. The fourth-order valence-electron chi connectivity index (χ4n) is 1.33. The molecular weight excluding hydrogens is 208 g/mol. The summed E-state index contributed by atoms with van der Waals surface area (Å²) in [4.78, 5) is 4.21. The highest BCUT2D eigenvalue weighted by Crippen LogP contribution is 2.25. The number of nitrogens with two attached hydrogens (primary N) is 1.